The van der Waals surface area contributed by atoms with Crippen molar-refractivity contribution in [3.8, 4) is 0 Å². The van der Waals surface area contributed by atoms with Crippen LogP contribution in [-0.2, 0) is 13.6 Å². The van der Waals surface area contributed by atoms with E-state index >= 15 is 0 Å². The number of rotatable bonds is 3. The molecule has 146 valence electrons. The molecule has 0 spiro atoms. The van der Waals surface area contributed by atoms with Crippen molar-refractivity contribution in [2.45, 2.75) is 26.3 Å². The lowest BCUT2D eigenvalue weighted by Crippen LogP contribution is -2.40. The summed E-state index contributed by atoms with van der Waals surface area (Å²) in [5.74, 6) is -0.299. The van der Waals surface area contributed by atoms with Crippen LogP contribution in [0, 0.1) is 18.7 Å². The molecule has 8 heteroatoms. The highest BCUT2D eigenvalue weighted by molar-refractivity contribution is 5.92. The Labute approximate surface area is 161 Å². The topological polar surface area (TPSA) is 73.0 Å². The monoisotopic (exact) mass is 383 g/mol. The zero-order valence-corrected chi connectivity index (χ0v) is 15.9. The molecule has 7 nitrogen and oxygen atoms in total. The van der Waals surface area contributed by atoms with Crippen molar-refractivity contribution >= 4 is 17.1 Å². The molecule has 1 aliphatic rings. The van der Waals surface area contributed by atoms with E-state index in [1.807, 2.05) is 12.1 Å². The Morgan fingerprint density at radius 1 is 1.25 bits per heavy atom. The van der Waals surface area contributed by atoms with Crippen molar-refractivity contribution in [3.05, 3.63) is 58.2 Å². The Morgan fingerprint density at radius 2 is 2.00 bits per heavy atom. The summed E-state index contributed by atoms with van der Waals surface area (Å²) in [7, 11) is 1.75. The van der Waals surface area contributed by atoms with E-state index in [0.717, 1.165) is 18.4 Å². The number of aryl methyl sites for hydroxylation is 2. The molecule has 0 aromatic carbocycles. The van der Waals surface area contributed by atoms with Gasteiger partial charge in [0, 0.05) is 32.9 Å². The van der Waals surface area contributed by atoms with E-state index in [-0.39, 0.29) is 28.9 Å². The Balaban J connectivity index is 1.45. The highest BCUT2D eigenvalue weighted by Gasteiger charge is 2.26. The van der Waals surface area contributed by atoms with E-state index in [2.05, 4.69) is 9.97 Å². The summed E-state index contributed by atoms with van der Waals surface area (Å²) in [4.78, 5) is 35.4. The zero-order chi connectivity index (χ0) is 19.8. The molecular weight excluding hydrogens is 361 g/mol. The number of fused-ring (bicyclic) bond motifs is 1. The second kappa shape index (κ2) is 7.18. The summed E-state index contributed by atoms with van der Waals surface area (Å²) in [6, 6.07) is 6.42. The van der Waals surface area contributed by atoms with Gasteiger partial charge in [0.05, 0.1) is 11.2 Å². The van der Waals surface area contributed by atoms with Crippen LogP contribution in [0.3, 0.4) is 0 Å². The minimum atomic E-state index is -0.413. The van der Waals surface area contributed by atoms with Crippen LogP contribution in [0.1, 0.15) is 29.0 Å². The molecule has 0 atom stereocenters. The number of aromatic nitrogens is 4. The van der Waals surface area contributed by atoms with E-state index in [9.17, 15) is 14.0 Å². The number of amides is 1. The third kappa shape index (κ3) is 3.19. The molecule has 1 fully saturated rings. The van der Waals surface area contributed by atoms with Gasteiger partial charge in [-0.15, -0.1) is 0 Å². The van der Waals surface area contributed by atoms with Gasteiger partial charge in [-0.05, 0) is 49.9 Å². The van der Waals surface area contributed by atoms with Crippen molar-refractivity contribution in [1.82, 2.24) is 24.0 Å². The molecule has 0 N–H and O–H groups in total. The lowest BCUT2D eigenvalue weighted by Gasteiger charge is -2.32. The summed E-state index contributed by atoms with van der Waals surface area (Å²) in [5.41, 5.74) is 1.94. The number of carbonyl (C=O) groups excluding carboxylic acids is 1. The summed E-state index contributed by atoms with van der Waals surface area (Å²) in [6.45, 7) is 3.32. The van der Waals surface area contributed by atoms with E-state index in [4.69, 9.17) is 0 Å². The molecule has 1 aliphatic heterocycles. The average Bonchev–Trinajstić information content (AvgIpc) is 2.95. The van der Waals surface area contributed by atoms with Crippen LogP contribution in [0.2, 0.25) is 0 Å². The van der Waals surface area contributed by atoms with Gasteiger partial charge in [-0.25, -0.2) is 19.2 Å². The largest absolute Gasteiger partial charge is 0.337 e. The van der Waals surface area contributed by atoms with Crippen LogP contribution < -0.4 is 5.69 Å². The predicted octanol–water partition coefficient (Wildman–Crippen LogP) is 2.13. The van der Waals surface area contributed by atoms with Crippen molar-refractivity contribution in [3.63, 3.8) is 0 Å². The van der Waals surface area contributed by atoms with Crippen molar-refractivity contribution < 1.29 is 9.18 Å². The third-order valence-corrected chi connectivity index (χ3v) is 5.48. The molecule has 0 radical (unpaired) electrons. The maximum atomic E-state index is 13.4. The number of pyridine rings is 2. The van der Waals surface area contributed by atoms with Crippen molar-refractivity contribution in [2.24, 2.45) is 13.0 Å². The number of hydrogen-bond donors (Lipinski definition) is 0. The molecule has 3 aromatic heterocycles. The highest BCUT2D eigenvalue weighted by Crippen LogP contribution is 2.22. The smallest absolute Gasteiger partial charge is 0.330 e. The summed E-state index contributed by atoms with van der Waals surface area (Å²) < 4.78 is 16.7. The molecule has 1 amide bonds. The Kier molecular flexibility index (Phi) is 4.70. The summed E-state index contributed by atoms with van der Waals surface area (Å²) >= 11 is 0. The molecule has 0 aliphatic carbocycles. The van der Waals surface area contributed by atoms with Gasteiger partial charge in [-0.3, -0.25) is 13.9 Å². The van der Waals surface area contributed by atoms with Crippen LogP contribution >= 0.6 is 0 Å². The van der Waals surface area contributed by atoms with Gasteiger partial charge < -0.3 is 4.90 Å². The normalized spacial score (nSPS) is 15.3. The van der Waals surface area contributed by atoms with Crippen LogP contribution in [0.5, 0.6) is 0 Å². The molecule has 0 unspecified atom stereocenters. The van der Waals surface area contributed by atoms with E-state index < -0.39 is 5.82 Å². The average molecular weight is 383 g/mol. The van der Waals surface area contributed by atoms with Crippen LogP contribution in [-0.4, -0.2) is 43.0 Å². The predicted molar refractivity (Wildman–Crippen MR) is 103 cm³/mol. The first kappa shape index (κ1) is 18.3. The molecule has 0 bridgehead atoms. The Hall–Kier alpha value is -3.03. The number of imidazole rings is 1. The molecule has 4 heterocycles. The Morgan fingerprint density at radius 3 is 2.71 bits per heavy atom. The second-order valence-electron chi connectivity index (χ2n) is 7.30. The van der Waals surface area contributed by atoms with Crippen molar-refractivity contribution in [2.75, 3.05) is 13.1 Å². The maximum absolute atomic E-state index is 13.4. The molecular formula is C20H22FN5O2. The van der Waals surface area contributed by atoms with Gasteiger partial charge in [-0.1, -0.05) is 0 Å². The SMILES string of the molecule is Cc1nc(C(=O)N2CCC(Cn3c(=O)n(C)c4cccnc43)CC2)ccc1F. The first-order valence-electron chi connectivity index (χ1n) is 9.38. The first-order chi connectivity index (χ1) is 13.5. The third-order valence-electron chi connectivity index (χ3n) is 5.48. The molecule has 28 heavy (non-hydrogen) atoms. The number of hydrogen-bond acceptors (Lipinski definition) is 4. The number of piperidine rings is 1. The quantitative estimate of drug-likeness (QED) is 0.695. The van der Waals surface area contributed by atoms with Gasteiger partial charge in [0.25, 0.3) is 5.91 Å². The van der Waals surface area contributed by atoms with Gasteiger partial charge in [0.2, 0.25) is 0 Å². The number of halogens is 1. The summed E-state index contributed by atoms with van der Waals surface area (Å²) in [5, 5.41) is 0. The zero-order valence-electron chi connectivity index (χ0n) is 15.9. The minimum Gasteiger partial charge on any atom is -0.337 e. The number of carbonyl (C=O) groups is 1. The summed E-state index contributed by atoms with van der Waals surface area (Å²) in [6.07, 6.45) is 3.28. The van der Waals surface area contributed by atoms with Crippen LogP contribution in [0.4, 0.5) is 4.39 Å². The number of nitrogens with zero attached hydrogens (tertiary/aromatic N) is 5. The Bertz CT molecular complexity index is 1100. The fourth-order valence-electron chi connectivity index (χ4n) is 3.80. The van der Waals surface area contributed by atoms with E-state index in [0.29, 0.717) is 25.3 Å². The van der Waals surface area contributed by atoms with Gasteiger partial charge >= 0.3 is 5.69 Å². The maximum Gasteiger partial charge on any atom is 0.330 e. The second-order valence-corrected chi connectivity index (χ2v) is 7.30. The van der Waals surface area contributed by atoms with Crippen molar-refractivity contribution in [1.29, 1.82) is 0 Å². The molecule has 3 aromatic rings. The van der Waals surface area contributed by atoms with Crippen LogP contribution in [0.25, 0.3) is 11.2 Å². The molecule has 4 rings (SSSR count). The minimum absolute atomic E-state index is 0.0711. The lowest BCUT2D eigenvalue weighted by atomic mass is 9.96. The number of likely N-dealkylation sites (tertiary alicyclic amines) is 1. The van der Waals surface area contributed by atoms with Crippen LogP contribution in [0.15, 0.2) is 35.3 Å². The van der Waals surface area contributed by atoms with Gasteiger partial charge in [0.1, 0.15) is 11.5 Å². The molecule has 1 saturated heterocycles. The highest BCUT2D eigenvalue weighted by atomic mass is 19.1. The molecule has 0 saturated carbocycles. The fraction of sp³-hybridized carbons (Fsp3) is 0.400. The standard InChI is InChI=1S/C20H22FN5O2/c1-13-15(21)5-6-16(23-13)19(27)25-10-7-14(8-11-25)12-26-18-17(4-3-9-22-18)24(2)20(26)28/h3-6,9,14H,7-8,10-12H2,1-2H3. The van der Waals surface area contributed by atoms with E-state index in [1.165, 1.54) is 12.1 Å². The van der Waals surface area contributed by atoms with Gasteiger partial charge in [-0.2, -0.15) is 0 Å². The first-order valence-corrected chi connectivity index (χ1v) is 9.38. The fourth-order valence-corrected chi connectivity index (χ4v) is 3.80. The van der Waals surface area contributed by atoms with Gasteiger partial charge in [0.15, 0.2) is 5.65 Å². The lowest BCUT2D eigenvalue weighted by molar-refractivity contribution is 0.0676. The van der Waals surface area contributed by atoms with E-state index in [1.54, 1.807) is 34.2 Å².